The third kappa shape index (κ3) is 6.59. The number of rotatable bonds is 6. The molecule has 0 heterocycles. The first-order chi connectivity index (χ1) is 12.7. The summed E-state index contributed by atoms with van der Waals surface area (Å²) in [5, 5.41) is 6.20. The van der Waals surface area contributed by atoms with Crippen molar-refractivity contribution in [2.75, 3.05) is 18.5 Å². The van der Waals surface area contributed by atoms with Gasteiger partial charge in [0.25, 0.3) is 0 Å². The number of urea groups is 1. The number of nitrogens with one attached hydrogen (secondary N) is 2. The lowest BCUT2D eigenvalue weighted by Gasteiger charge is -2.20. The molecule has 0 radical (unpaired) electrons. The maximum Gasteiger partial charge on any atom is 0.319 e. The van der Waals surface area contributed by atoms with Crippen LogP contribution in [0.4, 0.5) is 10.5 Å². The summed E-state index contributed by atoms with van der Waals surface area (Å²) in [6, 6.07) is 10.8. The number of carbonyl (C=O) groups excluding carboxylic acids is 1. The molecule has 0 fully saturated rings. The zero-order chi connectivity index (χ0) is 20.0. The van der Waals surface area contributed by atoms with Gasteiger partial charge in [0.1, 0.15) is 5.75 Å². The van der Waals surface area contributed by atoms with Crippen molar-refractivity contribution in [1.29, 1.82) is 0 Å². The average molecular weight is 474 g/mol. The van der Waals surface area contributed by atoms with Crippen LogP contribution in [0.2, 0.25) is 10.0 Å². The highest BCUT2D eigenvalue weighted by Crippen LogP contribution is 2.31. The number of amides is 2. The smallest absolute Gasteiger partial charge is 0.319 e. The normalized spacial score (nSPS) is 11.2. The van der Waals surface area contributed by atoms with Crippen LogP contribution in [0.25, 0.3) is 0 Å². The second-order valence-corrected chi connectivity index (χ2v) is 8.74. The Balaban J connectivity index is 1.75. The largest absolute Gasteiger partial charge is 0.492 e. The molecule has 0 saturated heterocycles. The van der Waals surface area contributed by atoms with E-state index in [4.69, 9.17) is 27.9 Å². The molecule has 2 N–H and O–H groups in total. The van der Waals surface area contributed by atoms with Gasteiger partial charge in [0, 0.05) is 6.54 Å². The minimum Gasteiger partial charge on any atom is -0.492 e. The monoisotopic (exact) mass is 472 g/mol. The molecule has 0 aliphatic carbocycles. The Labute approximate surface area is 178 Å². The number of halogens is 3. The number of para-hydroxylation sites is 1. The quantitative estimate of drug-likeness (QED) is 0.461. The molecular weight excluding hydrogens is 451 g/mol. The van der Waals surface area contributed by atoms with Crippen molar-refractivity contribution in [2.24, 2.45) is 0 Å². The maximum atomic E-state index is 11.9. The van der Waals surface area contributed by atoms with Gasteiger partial charge in [-0.1, -0.05) is 56.1 Å². The molecule has 0 bridgehead atoms. The van der Waals surface area contributed by atoms with Crippen molar-refractivity contribution >= 4 is 50.9 Å². The standard InChI is InChI=1S/C20H23BrCl2N2O2/c1-20(2,3)13-8-9-17(14(21)12-13)27-11-5-10-24-19(26)25-18-15(22)6-4-7-16(18)23/h4,6-9,12H,5,10-11H2,1-3H3,(H2,24,25,26). The van der Waals surface area contributed by atoms with Gasteiger partial charge in [0.15, 0.2) is 0 Å². The molecule has 0 aromatic heterocycles. The lowest BCUT2D eigenvalue weighted by Crippen LogP contribution is -2.30. The van der Waals surface area contributed by atoms with Crippen molar-refractivity contribution in [3.05, 3.63) is 56.5 Å². The number of benzene rings is 2. The van der Waals surface area contributed by atoms with Crippen molar-refractivity contribution in [3.8, 4) is 5.75 Å². The third-order valence-corrected chi connectivity index (χ3v) is 5.11. The van der Waals surface area contributed by atoms with Gasteiger partial charge in [-0.25, -0.2) is 4.79 Å². The Morgan fingerprint density at radius 2 is 1.81 bits per heavy atom. The van der Waals surface area contributed by atoms with Crippen molar-refractivity contribution in [2.45, 2.75) is 32.6 Å². The van der Waals surface area contributed by atoms with E-state index in [0.29, 0.717) is 35.3 Å². The minimum absolute atomic E-state index is 0.0862. The third-order valence-electron chi connectivity index (χ3n) is 3.86. The summed E-state index contributed by atoms with van der Waals surface area (Å²) in [5.74, 6) is 0.787. The van der Waals surface area contributed by atoms with Crippen LogP contribution < -0.4 is 15.4 Å². The highest BCUT2D eigenvalue weighted by atomic mass is 79.9. The van der Waals surface area contributed by atoms with E-state index in [1.165, 1.54) is 5.56 Å². The molecular formula is C20H23BrCl2N2O2. The molecule has 2 aromatic rings. The average Bonchev–Trinajstić information content (AvgIpc) is 2.58. The zero-order valence-electron chi connectivity index (χ0n) is 15.5. The van der Waals surface area contributed by atoms with Crippen molar-refractivity contribution in [3.63, 3.8) is 0 Å². The lowest BCUT2D eigenvalue weighted by atomic mass is 9.87. The van der Waals surface area contributed by atoms with E-state index in [1.54, 1.807) is 18.2 Å². The first-order valence-corrected chi connectivity index (χ1v) is 10.1. The predicted molar refractivity (Wildman–Crippen MR) is 116 cm³/mol. The van der Waals surface area contributed by atoms with E-state index in [1.807, 2.05) is 6.07 Å². The second kappa shape index (κ2) is 9.67. The van der Waals surface area contributed by atoms with Gasteiger partial charge in [0.2, 0.25) is 0 Å². The molecule has 4 nitrogen and oxygen atoms in total. The number of ether oxygens (including phenoxy) is 1. The molecule has 0 spiro atoms. The molecule has 0 aliphatic rings. The topological polar surface area (TPSA) is 50.4 Å². The van der Waals surface area contributed by atoms with Crippen LogP contribution in [0.15, 0.2) is 40.9 Å². The molecule has 0 atom stereocenters. The summed E-state index contributed by atoms with van der Waals surface area (Å²) < 4.78 is 6.71. The molecule has 2 aromatic carbocycles. The maximum absolute atomic E-state index is 11.9. The molecule has 146 valence electrons. The highest BCUT2D eigenvalue weighted by molar-refractivity contribution is 9.10. The van der Waals surface area contributed by atoms with Crippen LogP contribution >= 0.6 is 39.1 Å². The predicted octanol–water partition coefficient (Wildman–Crippen LogP) is 6.64. The summed E-state index contributed by atoms with van der Waals surface area (Å²) in [4.78, 5) is 11.9. The lowest BCUT2D eigenvalue weighted by molar-refractivity contribution is 0.250. The molecule has 0 unspecified atom stereocenters. The number of carbonyl (C=O) groups is 1. The SMILES string of the molecule is CC(C)(C)c1ccc(OCCCNC(=O)Nc2c(Cl)cccc2Cl)c(Br)c1. The first kappa shape index (κ1) is 21.9. The van der Waals surface area contributed by atoms with Gasteiger partial charge in [-0.2, -0.15) is 0 Å². The van der Waals surface area contributed by atoms with Gasteiger partial charge >= 0.3 is 6.03 Å². The fraction of sp³-hybridized carbons (Fsp3) is 0.350. The van der Waals surface area contributed by atoms with Gasteiger partial charge in [0.05, 0.1) is 26.8 Å². The Bertz CT molecular complexity index is 787. The highest BCUT2D eigenvalue weighted by Gasteiger charge is 2.15. The number of anilines is 1. The summed E-state index contributed by atoms with van der Waals surface area (Å²) >= 11 is 15.6. The van der Waals surface area contributed by atoms with E-state index in [2.05, 4.69) is 59.5 Å². The zero-order valence-corrected chi connectivity index (χ0v) is 18.6. The number of hydrogen-bond donors (Lipinski definition) is 2. The van der Waals surface area contributed by atoms with E-state index in [0.717, 1.165) is 10.2 Å². The van der Waals surface area contributed by atoms with Crippen LogP contribution in [0.1, 0.15) is 32.8 Å². The fourth-order valence-electron chi connectivity index (χ4n) is 2.32. The van der Waals surface area contributed by atoms with Crippen LogP contribution in [0.3, 0.4) is 0 Å². The first-order valence-electron chi connectivity index (χ1n) is 8.60. The van der Waals surface area contributed by atoms with E-state index in [-0.39, 0.29) is 11.4 Å². The Morgan fingerprint density at radius 1 is 1.15 bits per heavy atom. The van der Waals surface area contributed by atoms with Gasteiger partial charge in [-0.3, -0.25) is 0 Å². The molecule has 0 aliphatic heterocycles. The summed E-state index contributed by atoms with van der Waals surface area (Å²) in [6.45, 7) is 7.46. The molecule has 27 heavy (non-hydrogen) atoms. The van der Waals surface area contributed by atoms with Crippen molar-refractivity contribution < 1.29 is 9.53 Å². The summed E-state index contributed by atoms with van der Waals surface area (Å²) in [7, 11) is 0. The Hall–Kier alpha value is -1.43. The van der Waals surface area contributed by atoms with Crippen molar-refractivity contribution in [1.82, 2.24) is 5.32 Å². The molecule has 2 rings (SSSR count). The fourth-order valence-corrected chi connectivity index (χ4v) is 3.30. The molecule has 0 saturated carbocycles. The Kier molecular flexibility index (Phi) is 7.83. The van der Waals surface area contributed by atoms with Crippen LogP contribution in [0, 0.1) is 0 Å². The molecule has 7 heteroatoms. The Morgan fingerprint density at radius 3 is 2.41 bits per heavy atom. The molecule has 2 amide bonds. The summed E-state index contributed by atoms with van der Waals surface area (Å²) in [6.07, 6.45) is 0.664. The van der Waals surface area contributed by atoms with Crippen LogP contribution in [-0.2, 0) is 5.41 Å². The number of hydrogen-bond acceptors (Lipinski definition) is 2. The van der Waals surface area contributed by atoms with Gasteiger partial charge in [-0.15, -0.1) is 0 Å². The second-order valence-electron chi connectivity index (χ2n) is 7.07. The van der Waals surface area contributed by atoms with Crippen LogP contribution in [0.5, 0.6) is 5.75 Å². The van der Waals surface area contributed by atoms with Gasteiger partial charge < -0.3 is 15.4 Å². The van der Waals surface area contributed by atoms with Gasteiger partial charge in [-0.05, 0) is 57.6 Å². The van der Waals surface area contributed by atoms with E-state index < -0.39 is 0 Å². The van der Waals surface area contributed by atoms with Crippen LogP contribution in [-0.4, -0.2) is 19.2 Å². The van der Waals surface area contributed by atoms with E-state index in [9.17, 15) is 4.79 Å². The summed E-state index contributed by atoms with van der Waals surface area (Å²) in [5.41, 5.74) is 1.72. The van der Waals surface area contributed by atoms with E-state index >= 15 is 0 Å². The minimum atomic E-state index is -0.360.